The molecule has 6 heteroatoms. The van der Waals surface area contributed by atoms with Gasteiger partial charge >= 0.3 is 0 Å². The van der Waals surface area contributed by atoms with Gasteiger partial charge in [0.2, 0.25) is 0 Å². The van der Waals surface area contributed by atoms with Gasteiger partial charge in [-0.25, -0.2) is 5.43 Å². The van der Waals surface area contributed by atoms with E-state index in [9.17, 15) is 4.79 Å². The fraction of sp³-hybridized carbons (Fsp3) is 0.143. The van der Waals surface area contributed by atoms with Crippen molar-refractivity contribution in [2.75, 3.05) is 0 Å². The first kappa shape index (κ1) is 19.4. The van der Waals surface area contributed by atoms with Gasteiger partial charge in [0.05, 0.1) is 10.7 Å². The fourth-order valence-corrected chi connectivity index (χ4v) is 3.37. The molecule has 3 rings (SSSR count). The van der Waals surface area contributed by atoms with E-state index in [0.29, 0.717) is 17.2 Å². The molecular weight excluding hydrogens is 428 g/mol. The Kier molecular flexibility index (Phi) is 6.48. The Morgan fingerprint density at radius 3 is 2.70 bits per heavy atom. The molecule has 1 atom stereocenters. The van der Waals surface area contributed by atoms with Crippen LogP contribution in [0.5, 0.6) is 5.75 Å². The third-order valence-electron chi connectivity index (χ3n) is 4.04. The number of benzene rings is 3. The minimum absolute atomic E-state index is 0.319. The Morgan fingerprint density at radius 1 is 1.19 bits per heavy atom. The number of halogens is 2. The summed E-state index contributed by atoms with van der Waals surface area (Å²) in [6.07, 6.45) is 1.36. The first-order valence-electron chi connectivity index (χ1n) is 8.51. The third kappa shape index (κ3) is 4.67. The molecule has 138 valence electrons. The summed E-state index contributed by atoms with van der Waals surface area (Å²) >= 11 is 9.65. The van der Waals surface area contributed by atoms with Crippen LogP contribution >= 0.6 is 27.5 Å². The normalized spacial score (nSPS) is 12.3. The Balaban J connectivity index is 1.71. The Bertz CT molecular complexity index is 991. The molecule has 27 heavy (non-hydrogen) atoms. The Morgan fingerprint density at radius 2 is 1.93 bits per heavy atom. The van der Waals surface area contributed by atoms with Crippen LogP contribution < -0.4 is 10.2 Å². The minimum atomic E-state index is -0.661. The number of nitrogens with zero attached hydrogens (tertiary/aromatic N) is 1. The fourth-order valence-electron chi connectivity index (χ4n) is 2.60. The largest absolute Gasteiger partial charge is 0.479 e. The van der Waals surface area contributed by atoms with Crippen molar-refractivity contribution in [1.29, 1.82) is 0 Å². The van der Waals surface area contributed by atoms with Gasteiger partial charge in [0.1, 0.15) is 5.75 Å². The van der Waals surface area contributed by atoms with Crippen LogP contribution in [-0.4, -0.2) is 18.2 Å². The quantitative estimate of drug-likeness (QED) is 0.399. The van der Waals surface area contributed by atoms with Crippen molar-refractivity contribution < 1.29 is 9.53 Å². The van der Waals surface area contributed by atoms with Crippen LogP contribution in [0.4, 0.5) is 0 Å². The topological polar surface area (TPSA) is 50.7 Å². The lowest BCUT2D eigenvalue weighted by atomic mass is 10.1. The highest BCUT2D eigenvalue weighted by Gasteiger charge is 2.19. The molecule has 0 aliphatic heterocycles. The molecule has 0 heterocycles. The molecule has 4 nitrogen and oxygen atoms in total. The van der Waals surface area contributed by atoms with Crippen molar-refractivity contribution in [3.63, 3.8) is 0 Å². The van der Waals surface area contributed by atoms with Gasteiger partial charge in [-0.05, 0) is 45.3 Å². The van der Waals surface area contributed by atoms with E-state index < -0.39 is 6.10 Å². The summed E-state index contributed by atoms with van der Waals surface area (Å²) in [6, 6.07) is 19.1. The molecule has 0 spiro atoms. The maximum Gasteiger partial charge on any atom is 0.281 e. The predicted molar refractivity (Wildman–Crippen MR) is 114 cm³/mol. The lowest BCUT2D eigenvalue weighted by Gasteiger charge is -2.17. The zero-order valence-electron chi connectivity index (χ0n) is 14.7. The number of hydrogen-bond acceptors (Lipinski definition) is 3. The van der Waals surface area contributed by atoms with Crippen molar-refractivity contribution in [3.05, 3.63) is 75.7 Å². The monoisotopic (exact) mass is 444 g/mol. The highest BCUT2D eigenvalue weighted by Crippen LogP contribution is 2.33. The van der Waals surface area contributed by atoms with Gasteiger partial charge in [-0.15, -0.1) is 0 Å². The van der Waals surface area contributed by atoms with Gasteiger partial charge in [0.15, 0.2) is 6.10 Å². The summed E-state index contributed by atoms with van der Waals surface area (Å²) in [7, 11) is 0. The zero-order valence-corrected chi connectivity index (χ0v) is 17.0. The molecule has 1 amide bonds. The number of nitrogens with one attached hydrogen (secondary N) is 1. The van der Waals surface area contributed by atoms with Crippen LogP contribution in [-0.2, 0) is 4.79 Å². The van der Waals surface area contributed by atoms with Crippen LogP contribution in [0.2, 0.25) is 5.02 Å². The van der Waals surface area contributed by atoms with Crippen LogP contribution in [0, 0.1) is 0 Å². The van der Waals surface area contributed by atoms with E-state index in [2.05, 4.69) is 26.5 Å². The van der Waals surface area contributed by atoms with Gasteiger partial charge in [-0.3, -0.25) is 4.79 Å². The molecule has 0 aliphatic carbocycles. The summed E-state index contributed by atoms with van der Waals surface area (Å²) in [5.41, 5.74) is 3.25. The van der Waals surface area contributed by atoms with E-state index in [4.69, 9.17) is 16.3 Å². The molecule has 0 saturated carbocycles. The summed E-state index contributed by atoms with van der Waals surface area (Å²) in [5.74, 6) is 0.298. The summed E-state index contributed by atoms with van der Waals surface area (Å²) < 4.78 is 6.76. The molecule has 0 fully saturated rings. The maximum atomic E-state index is 12.4. The molecule has 0 saturated heterocycles. The van der Waals surface area contributed by atoms with Crippen molar-refractivity contribution in [2.24, 2.45) is 5.10 Å². The molecule has 3 aromatic rings. The summed E-state index contributed by atoms with van der Waals surface area (Å²) in [5, 5.41) is 6.68. The Labute approximate surface area is 171 Å². The molecule has 0 aromatic heterocycles. The summed E-state index contributed by atoms with van der Waals surface area (Å²) in [4.78, 5) is 12.4. The van der Waals surface area contributed by atoms with Gasteiger partial charge in [-0.2, -0.15) is 5.10 Å². The average molecular weight is 446 g/mol. The highest BCUT2D eigenvalue weighted by atomic mass is 79.9. The smallest absolute Gasteiger partial charge is 0.281 e. The standard InChI is InChI=1S/C21H18BrClN2O2/c1-2-18(21(26)25-24-13-15-8-4-6-10-17(15)23)27-19-12-11-14-7-3-5-9-16(14)20(19)22/h3-13,18H,2H2,1H3,(H,25,26)/b24-13-/t18-/m0/s1. The number of carbonyl (C=O) groups is 1. The van der Waals surface area contributed by atoms with Crippen LogP contribution in [0.15, 0.2) is 70.2 Å². The lowest BCUT2D eigenvalue weighted by Crippen LogP contribution is -2.35. The third-order valence-corrected chi connectivity index (χ3v) is 5.21. The molecule has 0 bridgehead atoms. The van der Waals surface area contributed by atoms with E-state index in [1.165, 1.54) is 6.21 Å². The van der Waals surface area contributed by atoms with Crippen LogP contribution in [0.25, 0.3) is 10.8 Å². The van der Waals surface area contributed by atoms with E-state index in [1.54, 1.807) is 6.07 Å². The molecule has 0 unspecified atom stereocenters. The van der Waals surface area contributed by atoms with Crippen molar-refractivity contribution >= 4 is 50.4 Å². The molecule has 1 N–H and O–H groups in total. The number of fused-ring (bicyclic) bond motifs is 1. The molecule has 0 aliphatic rings. The van der Waals surface area contributed by atoms with Gasteiger partial charge in [0, 0.05) is 10.6 Å². The van der Waals surface area contributed by atoms with E-state index in [-0.39, 0.29) is 5.91 Å². The van der Waals surface area contributed by atoms with Crippen molar-refractivity contribution in [2.45, 2.75) is 19.4 Å². The first-order valence-corrected chi connectivity index (χ1v) is 9.68. The van der Waals surface area contributed by atoms with Gasteiger partial charge in [-0.1, -0.05) is 67.1 Å². The minimum Gasteiger partial charge on any atom is -0.479 e. The average Bonchev–Trinajstić information content (AvgIpc) is 2.69. The number of rotatable bonds is 6. The maximum absolute atomic E-state index is 12.4. The predicted octanol–water partition coefficient (Wildman–Crippen LogP) is 5.56. The molecule has 3 aromatic carbocycles. The van der Waals surface area contributed by atoms with Crippen LogP contribution in [0.1, 0.15) is 18.9 Å². The SMILES string of the molecule is CC[C@H](Oc1ccc2ccccc2c1Br)C(=O)N/N=C\c1ccccc1Cl. The second-order valence-corrected chi connectivity index (χ2v) is 7.07. The van der Waals surface area contributed by atoms with Gasteiger partial charge in [0.25, 0.3) is 5.91 Å². The number of carbonyl (C=O) groups excluding carboxylic acids is 1. The number of hydrazone groups is 1. The first-order chi connectivity index (χ1) is 13.1. The van der Waals surface area contributed by atoms with Crippen molar-refractivity contribution in [1.82, 2.24) is 5.43 Å². The Hall–Kier alpha value is -2.37. The lowest BCUT2D eigenvalue weighted by molar-refractivity contribution is -0.128. The molecule has 0 radical (unpaired) electrons. The molecular formula is C21H18BrClN2O2. The van der Waals surface area contributed by atoms with Gasteiger partial charge < -0.3 is 4.74 Å². The highest BCUT2D eigenvalue weighted by molar-refractivity contribution is 9.10. The second-order valence-electron chi connectivity index (χ2n) is 5.87. The van der Waals surface area contributed by atoms with E-state index in [0.717, 1.165) is 20.8 Å². The zero-order chi connectivity index (χ0) is 19.2. The summed E-state index contributed by atoms with van der Waals surface area (Å²) in [6.45, 7) is 1.89. The van der Waals surface area contributed by atoms with E-state index >= 15 is 0 Å². The second kappa shape index (κ2) is 9.02. The number of amides is 1. The van der Waals surface area contributed by atoms with Crippen LogP contribution in [0.3, 0.4) is 0 Å². The van der Waals surface area contributed by atoms with E-state index in [1.807, 2.05) is 61.5 Å². The number of ether oxygens (including phenoxy) is 1. The number of hydrogen-bond donors (Lipinski definition) is 1. The van der Waals surface area contributed by atoms with Crippen molar-refractivity contribution in [3.8, 4) is 5.75 Å².